The smallest absolute Gasteiger partial charge is 0.312 e. The molecular weight excluding hydrogens is 253 g/mol. The number of hydrogen-bond acceptors (Lipinski definition) is 6. The average molecular weight is 267 g/mol. The van der Waals surface area contributed by atoms with Crippen LogP contribution in [-0.4, -0.2) is 42.4 Å². The molecule has 0 aromatic carbocycles. The number of rotatable bonds is 2. The molecule has 2 aromatic heterocycles. The molecule has 8 heteroatoms. The van der Waals surface area contributed by atoms with Crippen molar-refractivity contribution in [3.63, 3.8) is 0 Å². The molecule has 0 amide bonds. The molecule has 7 nitrogen and oxygen atoms in total. The molecule has 0 unspecified atom stereocenters. The van der Waals surface area contributed by atoms with Gasteiger partial charge in [-0.05, 0) is 18.8 Å². The summed E-state index contributed by atoms with van der Waals surface area (Å²) in [7, 11) is 0. The predicted molar refractivity (Wildman–Crippen MR) is 64.5 cm³/mol. The summed E-state index contributed by atoms with van der Waals surface area (Å²) in [6.45, 7) is 0.0195. The zero-order valence-electron chi connectivity index (χ0n) is 10.1. The molecule has 1 saturated carbocycles. The van der Waals surface area contributed by atoms with Crippen LogP contribution in [0.1, 0.15) is 18.9 Å². The molecule has 19 heavy (non-hydrogen) atoms. The van der Waals surface area contributed by atoms with Crippen molar-refractivity contribution in [2.24, 2.45) is 5.92 Å². The zero-order chi connectivity index (χ0) is 13.6. The van der Waals surface area contributed by atoms with Crippen molar-refractivity contribution in [2.75, 3.05) is 12.3 Å². The van der Waals surface area contributed by atoms with Crippen LogP contribution in [0.15, 0.2) is 6.33 Å². The number of halogens is 1. The number of hydrogen-bond donors (Lipinski definition) is 3. The maximum atomic E-state index is 13.2. The Bertz CT molecular complexity index is 616. The largest absolute Gasteiger partial charge is 0.396 e. The van der Waals surface area contributed by atoms with Crippen LogP contribution >= 0.6 is 0 Å². The first-order chi connectivity index (χ1) is 9.10. The standard InChI is InChI=1S/C11H14FN5O2/c12-11-15-9(13)8-10(16-11)17(4-14-8)6-1-5(3-18)2-7(6)19/h4-7,18-19H,1-3H2,(H2,13,15,16)/t5-,6+,7-/m0/s1. The Labute approximate surface area is 107 Å². The fraction of sp³-hybridized carbons (Fsp3) is 0.545. The van der Waals surface area contributed by atoms with Crippen molar-refractivity contribution in [2.45, 2.75) is 25.0 Å². The van der Waals surface area contributed by atoms with Gasteiger partial charge in [0.05, 0.1) is 18.5 Å². The van der Waals surface area contributed by atoms with Gasteiger partial charge in [0.25, 0.3) is 0 Å². The first-order valence-corrected chi connectivity index (χ1v) is 6.04. The van der Waals surface area contributed by atoms with E-state index in [9.17, 15) is 9.50 Å². The highest BCUT2D eigenvalue weighted by Gasteiger charge is 2.35. The molecular formula is C11H14FN5O2. The van der Waals surface area contributed by atoms with Crippen molar-refractivity contribution in [3.05, 3.63) is 12.4 Å². The van der Waals surface area contributed by atoms with Crippen molar-refractivity contribution < 1.29 is 14.6 Å². The summed E-state index contributed by atoms with van der Waals surface area (Å²) in [5.74, 6) is 0.00826. The van der Waals surface area contributed by atoms with E-state index in [0.717, 1.165) is 0 Å². The molecule has 2 aromatic rings. The van der Waals surface area contributed by atoms with E-state index in [4.69, 9.17) is 10.8 Å². The van der Waals surface area contributed by atoms with E-state index in [2.05, 4.69) is 15.0 Å². The molecule has 102 valence electrons. The zero-order valence-corrected chi connectivity index (χ0v) is 10.1. The molecule has 4 N–H and O–H groups in total. The molecule has 3 rings (SSSR count). The van der Waals surface area contributed by atoms with Gasteiger partial charge in [-0.2, -0.15) is 14.4 Å². The monoisotopic (exact) mass is 267 g/mol. The van der Waals surface area contributed by atoms with E-state index in [1.807, 2.05) is 0 Å². The van der Waals surface area contributed by atoms with Crippen LogP contribution in [0.2, 0.25) is 0 Å². The average Bonchev–Trinajstić information content (AvgIpc) is 2.92. The van der Waals surface area contributed by atoms with Gasteiger partial charge in [0, 0.05) is 6.61 Å². The minimum atomic E-state index is -0.919. The maximum absolute atomic E-state index is 13.2. The minimum Gasteiger partial charge on any atom is -0.396 e. The van der Waals surface area contributed by atoms with Crippen LogP contribution in [-0.2, 0) is 0 Å². The Hall–Kier alpha value is -1.80. The summed E-state index contributed by atoms with van der Waals surface area (Å²) in [5.41, 5.74) is 6.18. The Morgan fingerprint density at radius 1 is 1.42 bits per heavy atom. The highest BCUT2D eigenvalue weighted by atomic mass is 19.1. The van der Waals surface area contributed by atoms with Gasteiger partial charge in [-0.3, -0.25) is 0 Å². The highest BCUT2D eigenvalue weighted by molar-refractivity contribution is 5.81. The lowest BCUT2D eigenvalue weighted by molar-refractivity contribution is 0.132. The molecule has 1 fully saturated rings. The van der Waals surface area contributed by atoms with E-state index in [-0.39, 0.29) is 30.0 Å². The van der Waals surface area contributed by atoms with Gasteiger partial charge >= 0.3 is 6.08 Å². The topological polar surface area (TPSA) is 110 Å². The van der Waals surface area contributed by atoms with Crippen LogP contribution < -0.4 is 5.73 Å². The number of aliphatic hydroxyl groups is 2. The van der Waals surface area contributed by atoms with Gasteiger partial charge in [-0.1, -0.05) is 0 Å². The molecule has 0 radical (unpaired) electrons. The second-order valence-corrected chi connectivity index (χ2v) is 4.86. The van der Waals surface area contributed by atoms with E-state index in [1.165, 1.54) is 6.33 Å². The number of fused-ring (bicyclic) bond motifs is 1. The van der Waals surface area contributed by atoms with E-state index >= 15 is 0 Å². The fourth-order valence-corrected chi connectivity index (χ4v) is 2.69. The quantitative estimate of drug-likeness (QED) is 0.653. The molecule has 1 aliphatic rings. The summed E-state index contributed by atoms with van der Waals surface area (Å²) >= 11 is 0. The molecule has 3 atom stereocenters. The maximum Gasteiger partial charge on any atom is 0.312 e. The Kier molecular flexibility index (Phi) is 2.83. The van der Waals surface area contributed by atoms with Gasteiger partial charge in [-0.25, -0.2) is 4.98 Å². The predicted octanol–water partition coefficient (Wildman–Crippen LogP) is -0.148. The molecule has 0 saturated heterocycles. The van der Waals surface area contributed by atoms with E-state index in [0.29, 0.717) is 18.4 Å². The number of imidazole rings is 1. The second-order valence-electron chi connectivity index (χ2n) is 4.86. The van der Waals surface area contributed by atoms with Crippen molar-refractivity contribution in [1.82, 2.24) is 19.5 Å². The van der Waals surface area contributed by atoms with Crippen LogP contribution in [0.3, 0.4) is 0 Å². The third-order valence-corrected chi connectivity index (χ3v) is 3.63. The number of nitrogens with two attached hydrogens (primary N) is 1. The lowest BCUT2D eigenvalue weighted by Gasteiger charge is -2.16. The highest BCUT2D eigenvalue weighted by Crippen LogP contribution is 2.36. The van der Waals surface area contributed by atoms with Crippen LogP contribution in [0.5, 0.6) is 0 Å². The van der Waals surface area contributed by atoms with Crippen molar-refractivity contribution >= 4 is 17.0 Å². The molecule has 0 bridgehead atoms. The summed E-state index contributed by atoms with van der Waals surface area (Å²) in [5, 5.41) is 19.2. The van der Waals surface area contributed by atoms with Crippen LogP contribution in [0.25, 0.3) is 11.2 Å². The Morgan fingerprint density at radius 3 is 2.89 bits per heavy atom. The third-order valence-electron chi connectivity index (χ3n) is 3.63. The van der Waals surface area contributed by atoms with Crippen LogP contribution in [0, 0.1) is 12.0 Å². The molecule has 1 aliphatic carbocycles. The first kappa shape index (κ1) is 12.2. The minimum absolute atomic E-state index is 0.0195. The molecule has 0 spiro atoms. The SMILES string of the molecule is Nc1nc(F)nc2c1ncn2[C@@H]1C[C@H](CO)C[C@@H]1O. The molecule has 0 aliphatic heterocycles. The summed E-state index contributed by atoms with van der Waals surface area (Å²) in [4.78, 5) is 11.2. The normalized spacial score (nSPS) is 27.2. The molecule has 2 heterocycles. The van der Waals surface area contributed by atoms with Gasteiger partial charge in [0.15, 0.2) is 11.5 Å². The Balaban J connectivity index is 2.06. The van der Waals surface area contributed by atoms with E-state index < -0.39 is 12.2 Å². The number of anilines is 1. The number of nitrogen functional groups attached to an aromatic ring is 1. The van der Waals surface area contributed by atoms with Gasteiger partial charge in [-0.15, -0.1) is 0 Å². The Morgan fingerprint density at radius 2 is 2.21 bits per heavy atom. The van der Waals surface area contributed by atoms with Gasteiger partial charge in [0.1, 0.15) is 5.52 Å². The first-order valence-electron chi connectivity index (χ1n) is 6.04. The second kappa shape index (κ2) is 4.39. The summed E-state index contributed by atoms with van der Waals surface area (Å²) in [6.07, 6.45) is 1.04. The van der Waals surface area contributed by atoms with E-state index in [1.54, 1.807) is 4.57 Å². The number of nitrogens with zero attached hydrogens (tertiary/aromatic N) is 4. The van der Waals surface area contributed by atoms with Crippen LogP contribution in [0.4, 0.5) is 10.2 Å². The van der Waals surface area contributed by atoms with Crippen molar-refractivity contribution in [3.8, 4) is 0 Å². The number of aromatic nitrogens is 4. The van der Waals surface area contributed by atoms with Gasteiger partial charge in [0.2, 0.25) is 0 Å². The summed E-state index contributed by atoms with van der Waals surface area (Å²) < 4.78 is 14.8. The van der Waals surface area contributed by atoms with Crippen molar-refractivity contribution in [1.29, 1.82) is 0 Å². The number of aliphatic hydroxyl groups excluding tert-OH is 2. The fourth-order valence-electron chi connectivity index (χ4n) is 2.69. The summed E-state index contributed by atoms with van der Waals surface area (Å²) in [6, 6.07) is -0.282. The van der Waals surface area contributed by atoms with Gasteiger partial charge < -0.3 is 20.5 Å². The lowest BCUT2D eigenvalue weighted by Crippen LogP contribution is -2.18. The lowest BCUT2D eigenvalue weighted by atomic mass is 10.1. The third kappa shape index (κ3) is 1.92.